The molecule has 1 aliphatic heterocycles. The van der Waals surface area contributed by atoms with Crippen LogP contribution in [0, 0.1) is 19.8 Å². The Morgan fingerprint density at radius 2 is 1.71 bits per heavy atom. The SMILES string of the molecule is Cc1cccc(NC(=O)CN2CCC(C(=O)NCc3ccccc3)CC2)c1C. The molecule has 0 saturated carbocycles. The third kappa shape index (κ3) is 5.42. The van der Waals surface area contributed by atoms with Gasteiger partial charge in [0.25, 0.3) is 0 Å². The van der Waals surface area contributed by atoms with Gasteiger partial charge in [-0.3, -0.25) is 14.5 Å². The summed E-state index contributed by atoms with van der Waals surface area (Å²) in [4.78, 5) is 26.9. The van der Waals surface area contributed by atoms with Gasteiger partial charge in [0, 0.05) is 18.2 Å². The van der Waals surface area contributed by atoms with Crippen molar-refractivity contribution >= 4 is 17.5 Å². The number of rotatable bonds is 6. The average Bonchev–Trinajstić information content (AvgIpc) is 2.71. The van der Waals surface area contributed by atoms with Gasteiger partial charge in [-0.25, -0.2) is 0 Å². The molecule has 0 bridgehead atoms. The Kier molecular flexibility index (Phi) is 6.82. The van der Waals surface area contributed by atoms with Crippen molar-refractivity contribution in [3.63, 3.8) is 0 Å². The van der Waals surface area contributed by atoms with E-state index >= 15 is 0 Å². The largest absolute Gasteiger partial charge is 0.352 e. The first kappa shape index (κ1) is 20.1. The molecule has 2 aromatic carbocycles. The second-order valence-electron chi connectivity index (χ2n) is 7.55. The smallest absolute Gasteiger partial charge is 0.238 e. The Labute approximate surface area is 167 Å². The molecule has 2 amide bonds. The molecule has 0 aromatic heterocycles. The van der Waals surface area contributed by atoms with Gasteiger partial charge in [-0.15, -0.1) is 0 Å². The molecule has 2 N–H and O–H groups in total. The van der Waals surface area contributed by atoms with Crippen LogP contribution >= 0.6 is 0 Å². The Hall–Kier alpha value is -2.66. The van der Waals surface area contributed by atoms with Crippen LogP contribution in [0.3, 0.4) is 0 Å². The maximum absolute atomic E-state index is 12.4. The number of carbonyl (C=O) groups is 2. The van der Waals surface area contributed by atoms with Gasteiger partial charge in [0.05, 0.1) is 6.54 Å². The first-order valence-electron chi connectivity index (χ1n) is 9.93. The zero-order valence-corrected chi connectivity index (χ0v) is 16.7. The molecule has 5 heteroatoms. The number of benzene rings is 2. The van der Waals surface area contributed by atoms with Gasteiger partial charge in [0.2, 0.25) is 11.8 Å². The summed E-state index contributed by atoms with van der Waals surface area (Å²) in [6.07, 6.45) is 1.58. The quantitative estimate of drug-likeness (QED) is 0.810. The number of hydrogen-bond acceptors (Lipinski definition) is 3. The minimum atomic E-state index is 0.000629. The molecule has 0 radical (unpaired) electrons. The molecular formula is C23H29N3O2. The topological polar surface area (TPSA) is 61.4 Å². The number of hydrogen-bond donors (Lipinski definition) is 2. The van der Waals surface area contributed by atoms with E-state index < -0.39 is 0 Å². The number of piperidine rings is 1. The Bertz CT molecular complexity index is 812. The molecule has 1 heterocycles. The van der Waals surface area contributed by atoms with Crippen molar-refractivity contribution in [2.45, 2.75) is 33.2 Å². The lowest BCUT2D eigenvalue weighted by Gasteiger charge is -2.30. The third-order valence-electron chi connectivity index (χ3n) is 5.51. The molecule has 0 unspecified atom stereocenters. The molecule has 0 spiro atoms. The second kappa shape index (κ2) is 9.51. The van der Waals surface area contributed by atoms with Gasteiger partial charge in [0.1, 0.15) is 0 Å². The predicted molar refractivity (Wildman–Crippen MR) is 112 cm³/mol. The van der Waals surface area contributed by atoms with Crippen LogP contribution in [0.15, 0.2) is 48.5 Å². The van der Waals surface area contributed by atoms with E-state index in [4.69, 9.17) is 0 Å². The number of nitrogens with one attached hydrogen (secondary N) is 2. The first-order chi connectivity index (χ1) is 13.5. The maximum Gasteiger partial charge on any atom is 0.238 e. The van der Waals surface area contributed by atoms with Gasteiger partial charge >= 0.3 is 0 Å². The van der Waals surface area contributed by atoms with E-state index in [-0.39, 0.29) is 17.7 Å². The molecular weight excluding hydrogens is 350 g/mol. The predicted octanol–water partition coefficient (Wildman–Crippen LogP) is 3.27. The Morgan fingerprint density at radius 1 is 1.00 bits per heavy atom. The Balaban J connectivity index is 1.41. The van der Waals surface area contributed by atoms with Crippen LogP contribution in [0.1, 0.15) is 29.5 Å². The first-order valence-corrected chi connectivity index (χ1v) is 9.93. The van der Waals surface area contributed by atoms with E-state index in [1.807, 2.05) is 62.4 Å². The number of nitrogens with zero attached hydrogens (tertiary/aromatic N) is 1. The fraction of sp³-hybridized carbons (Fsp3) is 0.391. The monoisotopic (exact) mass is 379 g/mol. The molecule has 1 saturated heterocycles. The minimum Gasteiger partial charge on any atom is -0.352 e. The van der Waals surface area contributed by atoms with Crippen LogP contribution in [-0.4, -0.2) is 36.3 Å². The molecule has 148 valence electrons. The molecule has 0 atom stereocenters. The van der Waals surface area contributed by atoms with E-state index in [9.17, 15) is 9.59 Å². The molecule has 2 aromatic rings. The maximum atomic E-state index is 12.4. The van der Waals surface area contributed by atoms with Crippen LogP contribution in [0.2, 0.25) is 0 Å². The van der Waals surface area contributed by atoms with Crippen LogP contribution < -0.4 is 10.6 Å². The minimum absolute atomic E-state index is 0.000629. The van der Waals surface area contributed by atoms with Crippen molar-refractivity contribution < 1.29 is 9.59 Å². The summed E-state index contributed by atoms with van der Waals surface area (Å²) >= 11 is 0. The number of amides is 2. The molecule has 5 nitrogen and oxygen atoms in total. The highest BCUT2D eigenvalue weighted by molar-refractivity contribution is 5.93. The van der Waals surface area contributed by atoms with Crippen molar-refractivity contribution in [2.75, 3.05) is 25.0 Å². The zero-order valence-electron chi connectivity index (χ0n) is 16.7. The second-order valence-corrected chi connectivity index (χ2v) is 7.55. The number of likely N-dealkylation sites (tertiary alicyclic amines) is 1. The van der Waals surface area contributed by atoms with Crippen molar-refractivity contribution in [3.05, 3.63) is 65.2 Å². The highest BCUT2D eigenvalue weighted by Crippen LogP contribution is 2.20. The Morgan fingerprint density at radius 3 is 2.43 bits per heavy atom. The van der Waals surface area contributed by atoms with Crippen LogP contribution in [-0.2, 0) is 16.1 Å². The van der Waals surface area contributed by atoms with Crippen molar-refractivity contribution in [3.8, 4) is 0 Å². The average molecular weight is 380 g/mol. The van der Waals surface area contributed by atoms with Crippen LogP contribution in [0.4, 0.5) is 5.69 Å². The number of carbonyl (C=O) groups excluding carboxylic acids is 2. The third-order valence-corrected chi connectivity index (χ3v) is 5.51. The van der Waals surface area contributed by atoms with E-state index in [0.29, 0.717) is 13.1 Å². The number of aryl methyl sites for hydroxylation is 1. The molecule has 1 aliphatic rings. The van der Waals surface area contributed by atoms with E-state index in [2.05, 4.69) is 15.5 Å². The molecule has 0 aliphatic carbocycles. The summed E-state index contributed by atoms with van der Waals surface area (Å²) in [5, 5.41) is 6.04. The van der Waals surface area contributed by atoms with Gasteiger partial charge < -0.3 is 10.6 Å². The van der Waals surface area contributed by atoms with E-state index in [1.54, 1.807) is 0 Å². The highest BCUT2D eigenvalue weighted by atomic mass is 16.2. The van der Waals surface area contributed by atoms with Crippen molar-refractivity contribution in [1.29, 1.82) is 0 Å². The lowest BCUT2D eigenvalue weighted by molar-refractivity contribution is -0.126. The van der Waals surface area contributed by atoms with E-state index in [1.165, 1.54) is 5.56 Å². The summed E-state index contributed by atoms with van der Waals surface area (Å²) in [7, 11) is 0. The fourth-order valence-electron chi connectivity index (χ4n) is 3.56. The summed E-state index contributed by atoms with van der Waals surface area (Å²) in [6, 6.07) is 15.9. The normalized spacial score (nSPS) is 15.2. The molecule has 3 rings (SSSR count). The van der Waals surface area contributed by atoms with Gasteiger partial charge in [-0.1, -0.05) is 42.5 Å². The summed E-state index contributed by atoms with van der Waals surface area (Å²) in [5.41, 5.74) is 4.25. The summed E-state index contributed by atoms with van der Waals surface area (Å²) < 4.78 is 0. The summed E-state index contributed by atoms with van der Waals surface area (Å²) in [5.74, 6) is 0.145. The molecule has 28 heavy (non-hydrogen) atoms. The van der Waals surface area contributed by atoms with Gasteiger partial charge in [-0.2, -0.15) is 0 Å². The summed E-state index contributed by atoms with van der Waals surface area (Å²) in [6.45, 7) is 6.53. The highest BCUT2D eigenvalue weighted by Gasteiger charge is 2.25. The van der Waals surface area contributed by atoms with Gasteiger partial charge in [-0.05, 0) is 62.5 Å². The number of anilines is 1. The fourth-order valence-corrected chi connectivity index (χ4v) is 3.56. The van der Waals surface area contributed by atoms with Crippen LogP contribution in [0.25, 0.3) is 0 Å². The van der Waals surface area contributed by atoms with Crippen LogP contribution in [0.5, 0.6) is 0 Å². The lowest BCUT2D eigenvalue weighted by atomic mass is 9.96. The lowest BCUT2D eigenvalue weighted by Crippen LogP contribution is -2.43. The molecule has 1 fully saturated rings. The van der Waals surface area contributed by atoms with Gasteiger partial charge in [0.15, 0.2) is 0 Å². The van der Waals surface area contributed by atoms with Crippen molar-refractivity contribution in [2.24, 2.45) is 5.92 Å². The standard InChI is InChI=1S/C23H29N3O2/c1-17-7-6-10-21(18(17)2)25-22(27)16-26-13-11-20(12-14-26)23(28)24-15-19-8-4-3-5-9-19/h3-10,20H,11-16H2,1-2H3,(H,24,28)(H,25,27). The van der Waals surface area contributed by atoms with Crippen molar-refractivity contribution in [1.82, 2.24) is 10.2 Å². The van der Waals surface area contributed by atoms with E-state index in [0.717, 1.165) is 42.7 Å². The zero-order chi connectivity index (χ0) is 19.9.